The van der Waals surface area contributed by atoms with E-state index in [2.05, 4.69) is 13.8 Å². The molecule has 0 N–H and O–H groups in total. The van der Waals surface area contributed by atoms with Crippen LogP contribution in [0.15, 0.2) is 0 Å². The minimum Gasteiger partial charge on any atom is -0.0625 e. The lowest BCUT2D eigenvalue weighted by Gasteiger charge is -2.33. The van der Waals surface area contributed by atoms with E-state index in [0.29, 0.717) is 0 Å². The summed E-state index contributed by atoms with van der Waals surface area (Å²) in [6, 6.07) is 0. The molecule has 4 atom stereocenters. The summed E-state index contributed by atoms with van der Waals surface area (Å²) < 4.78 is 0. The van der Waals surface area contributed by atoms with Crippen LogP contribution in [-0.4, -0.2) is 0 Å². The lowest BCUT2D eigenvalue weighted by atomic mass is 9.72. The summed E-state index contributed by atoms with van der Waals surface area (Å²) in [5, 5.41) is 0. The van der Waals surface area contributed by atoms with Crippen LogP contribution in [0.5, 0.6) is 0 Å². The van der Waals surface area contributed by atoms with Crippen LogP contribution in [0.1, 0.15) is 58.8 Å². The molecule has 0 spiro atoms. The number of hydrogen-bond donors (Lipinski definition) is 0. The number of rotatable bonds is 1. The lowest BCUT2D eigenvalue weighted by molar-refractivity contribution is 0.174. The van der Waals surface area contributed by atoms with Crippen molar-refractivity contribution in [1.82, 2.24) is 0 Å². The van der Waals surface area contributed by atoms with E-state index in [1.165, 1.54) is 38.5 Å². The van der Waals surface area contributed by atoms with Crippen LogP contribution < -0.4 is 0 Å². The van der Waals surface area contributed by atoms with E-state index in [-0.39, 0.29) is 0 Å². The molecular formula is C13H24. The van der Waals surface area contributed by atoms with Crippen molar-refractivity contribution < 1.29 is 0 Å². The Labute approximate surface area is 83.1 Å². The molecular weight excluding hydrogens is 156 g/mol. The summed E-state index contributed by atoms with van der Waals surface area (Å²) in [6.45, 7) is 4.93. The third kappa shape index (κ3) is 2.08. The molecule has 0 saturated heterocycles. The van der Waals surface area contributed by atoms with E-state index in [4.69, 9.17) is 0 Å². The van der Waals surface area contributed by atoms with Gasteiger partial charge in [0.1, 0.15) is 0 Å². The third-order valence-corrected chi connectivity index (χ3v) is 4.52. The molecule has 2 rings (SSSR count). The molecule has 2 saturated carbocycles. The largest absolute Gasteiger partial charge is 0.0625 e. The highest BCUT2D eigenvalue weighted by Crippen LogP contribution is 2.43. The van der Waals surface area contributed by atoms with Gasteiger partial charge in [-0.05, 0) is 42.9 Å². The second-order valence-electron chi connectivity index (χ2n) is 5.60. The summed E-state index contributed by atoms with van der Waals surface area (Å²) in [6.07, 6.45) is 10.6. The molecule has 0 aromatic carbocycles. The Morgan fingerprint density at radius 1 is 0.846 bits per heavy atom. The minimum atomic E-state index is 1.03. The van der Waals surface area contributed by atoms with E-state index >= 15 is 0 Å². The highest BCUT2D eigenvalue weighted by atomic mass is 14.4. The first-order valence-electron chi connectivity index (χ1n) is 6.27. The monoisotopic (exact) mass is 180 g/mol. The van der Waals surface area contributed by atoms with E-state index in [9.17, 15) is 0 Å². The van der Waals surface area contributed by atoms with Crippen LogP contribution in [0.4, 0.5) is 0 Å². The molecule has 0 heterocycles. The van der Waals surface area contributed by atoms with Crippen LogP contribution in [0.25, 0.3) is 0 Å². The summed E-state index contributed by atoms with van der Waals surface area (Å²) >= 11 is 0. The second-order valence-corrected chi connectivity index (χ2v) is 5.60. The predicted octanol–water partition coefficient (Wildman–Crippen LogP) is 4.25. The Hall–Kier alpha value is 0. The highest BCUT2D eigenvalue weighted by Gasteiger charge is 2.32. The van der Waals surface area contributed by atoms with Gasteiger partial charge in [0, 0.05) is 0 Å². The van der Waals surface area contributed by atoms with Gasteiger partial charge in [-0.15, -0.1) is 0 Å². The van der Waals surface area contributed by atoms with Gasteiger partial charge in [0.25, 0.3) is 0 Å². The maximum atomic E-state index is 2.49. The van der Waals surface area contributed by atoms with E-state index in [1.807, 2.05) is 0 Å². The topological polar surface area (TPSA) is 0 Å². The van der Waals surface area contributed by atoms with Crippen molar-refractivity contribution in [2.75, 3.05) is 0 Å². The fourth-order valence-electron chi connectivity index (χ4n) is 3.69. The van der Waals surface area contributed by atoms with Crippen molar-refractivity contribution in [2.45, 2.75) is 58.8 Å². The quantitative estimate of drug-likeness (QED) is 0.566. The lowest BCUT2D eigenvalue weighted by Crippen LogP contribution is -2.23. The maximum Gasteiger partial charge on any atom is -0.0360 e. The van der Waals surface area contributed by atoms with Gasteiger partial charge in [0.05, 0.1) is 0 Å². The third-order valence-electron chi connectivity index (χ3n) is 4.52. The van der Waals surface area contributed by atoms with Crippen molar-refractivity contribution in [1.29, 1.82) is 0 Å². The SMILES string of the molecule is CC1CCC(C2CCCC[C@@H]2C)C1. The predicted molar refractivity (Wildman–Crippen MR) is 57.6 cm³/mol. The normalized spacial score (nSPS) is 46.6. The molecule has 2 aliphatic carbocycles. The van der Waals surface area contributed by atoms with Gasteiger partial charge in [-0.3, -0.25) is 0 Å². The standard InChI is InChI=1S/C13H24/c1-10-7-8-12(9-10)13-6-4-3-5-11(13)2/h10-13H,3-9H2,1-2H3/t10?,11-,12?,13?/m0/s1. The van der Waals surface area contributed by atoms with Gasteiger partial charge in [-0.25, -0.2) is 0 Å². The average Bonchev–Trinajstić information content (AvgIpc) is 2.53. The van der Waals surface area contributed by atoms with Crippen molar-refractivity contribution in [2.24, 2.45) is 23.7 Å². The number of hydrogen-bond acceptors (Lipinski definition) is 0. The van der Waals surface area contributed by atoms with Gasteiger partial charge in [-0.1, -0.05) is 39.5 Å². The molecule has 0 amide bonds. The van der Waals surface area contributed by atoms with E-state index in [1.54, 1.807) is 6.42 Å². The Kier molecular flexibility index (Phi) is 2.96. The molecule has 2 aliphatic rings. The molecule has 2 fully saturated rings. The summed E-state index contributed by atoms with van der Waals surface area (Å²) in [5.41, 5.74) is 0. The molecule has 0 aromatic heterocycles. The molecule has 13 heavy (non-hydrogen) atoms. The van der Waals surface area contributed by atoms with Gasteiger partial charge in [-0.2, -0.15) is 0 Å². The molecule has 76 valence electrons. The van der Waals surface area contributed by atoms with Crippen LogP contribution in [-0.2, 0) is 0 Å². The fourth-order valence-corrected chi connectivity index (χ4v) is 3.69. The van der Waals surface area contributed by atoms with Crippen molar-refractivity contribution in [3.8, 4) is 0 Å². The molecule has 0 bridgehead atoms. The maximum absolute atomic E-state index is 2.49. The first-order valence-corrected chi connectivity index (χ1v) is 6.27. The van der Waals surface area contributed by atoms with Gasteiger partial charge < -0.3 is 0 Å². The van der Waals surface area contributed by atoms with Gasteiger partial charge in [0.15, 0.2) is 0 Å². The molecule has 3 unspecified atom stereocenters. The Morgan fingerprint density at radius 2 is 1.62 bits per heavy atom. The summed E-state index contributed by atoms with van der Waals surface area (Å²) in [4.78, 5) is 0. The van der Waals surface area contributed by atoms with E-state index < -0.39 is 0 Å². The van der Waals surface area contributed by atoms with Crippen LogP contribution in [0, 0.1) is 23.7 Å². The van der Waals surface area contributed by atoms with Gasteiger partial charge >= 0.3 is 0 Å². The zero-order valence-electron chi connectivity index (χ0n) is 9.26. The summed E-state index contributed by atoms with van der Waals surface area (Å²) in [7, 11) is 0. The smallest absolute Gasteiger partial charge is 0.0360 e. The molecule has 0 aromatic rings. The van der Waals surface area contributed by atoms with Crippen molar-refractivity contribution in [3.05, 3.63) is 0 Å². The van der Waals surface area contributed by atoms with Crippen LogP contribution in [0.3, 0.4) is 0 Å². The molecule has 0 radical (unpaired) electrons. The van der Waals surface area contributed by atoms with Crippen LogP contribution >= 0.6 is 0 Å². The molecule has 0 nitrogen and oxygen atoms in total. The first-order chi connectivity index (χ1) is 6.27. The van der Waals surface area contributed by atoms with E-state index in [0.717, 1.165) is 23.7 Å². The molecule has 0 aliphatic heterocycles. The van der Waals surface area contributed by atoms with Crippen molar-refractivity contribution in [3.63, 3.8) is 0 Å². The van der Waals surface area contributed by atoms with Gasteiger partial charge in [0.2, 0.25) is 0 Å². The molecule has 0 heteroatoms. The fraction of sp³-hybridized carbons (Fsp3) is 1.00. The first kappa shape index (κ1) is 9.55. The Morgan fingerprint density at radius 3 is 2.23 bits per heavy atom. The zero-order chi connectivity index (χ0) is 9.26. The Balaban J connectivity index is 1.91. The second kappa shape index (κ2) is 4.02. The highest BCUT2D eigenvalue weighted by molar-refractivity contribution is 4.83. The average molecular weight is 180 g/mol. The van der Waals surface area contributed by atoms with Crippen molar-refractivity contribution >= 4 is 0 Å². The zero-order valence-corrected chi connectivity index (χ0v) is 9.26. The van der Waals surface area contributed by atoms with Crippen LogP contribution in [0.2, 0.25) is 0 Å². The summed E-state index contributed by atoms with van der Waals surface area (Å²) in [5.74, 6) is 4.26. The Bertz CT molecular complexity index is 161. The minimum absolute atomic E-state index is 1.03.